The fraction of sp³-hybridized carbons (Fsp3) is 0.0980. The Morgan fingerprint density at radius 2 is 0.441 bits per heavy atom. The van der Waals surface area contributed by atoms with Crippen molar-refractivity contribution in [2.24, 2.45) is 42.3 Å². The molecule has 0 atom stereocenters. The third-order valence-electron chi connectivity index (χ3n) is 22.6. The second-order valence-corrected chi connectivity index (χ2v) is 30.7. The summed E-state index contributed by atoms with van der Waals surface area (Å²) in [6.07, 6.45) is 17.3. The highest BCUT2D eigenvalue weighted by atomic mass is 15.2. The predicted octanol–water partition coefficient (Wildman–Crippen LogP) is 16.3. The van der Waals surface area contributed by atoms with E-state index in [2.05, 4.69) is 519 Å². The van der Waals surface area contributed by atoms with Crippen molar-refractivity contribution in [3.8, 4) is 39.8 Å². The van der Waals surface area contributed by atoms with Gasteiger partial charge in [-0.3, -0.25) is 0 Å². The Morgan fingerprint density at radius 3 is 0.805 bits per heavy atom. The molecule has 0 saturated carbocycles. The first kappa shape index (κ1) is 73.0. The van der Waals surface area contributed by atoms with Crippen LogP contribution in [0.1, 0.15) is 22.3 Å². The minimum Gasteiger partial charge on any atom is -0.233 e. The Morgan fingerprint density at radius 1 is 0.195 bits per heavy atom. The Kier molecular flexibility index (Phi) is 19.4. The summed E-state index contributed by atoms with van der Waals surface area (Å²) in [5.74, 6) is 0. The topological polar surface area (TPSA) is 70.5 Å². The molecule has 0 bridgehead atoms. The van der Waals surface area contributed by atoms with Crippen molar-refractivity contribution in [1.82, 2.24) is 36.5 Å². The smallest absolute Gasteiger partial charge is 0.233 e. The Hall–Kier alpha value is -15.2. The first-order valence-electron chi connectivity index (χ1n) is 40.1. The van der Waals surface area contributed by atoms with Gasteiger partial charge in [-0.05, 0) is 193 Å². The molecule has 16 nitrogen and oxygen atoms in total. The van der Waals surface area contributed by atoms with E-state index in [1.165, 1.54) is 117 Å². The van der Waals surface area contributed by atoms with Crippen LogP contribution >= 0.6 is 0 Å². The summed E-state index contributed by atoms with van der Waals surface area (Å²) in [4.78, 5) is 0. The van der Waals surface area contributed by atoms with Crippen molar-refractivity contribution >= 4 is 88.3 Å². The van der Waals surface area contributed by atoms with Crippen LogP contribution in [0.4, 0.5) is 0 Å². The van der Waals surface area contributed by atoms with Gasteiger partial charge in [-0.1, -0.05) is 170 Å². The molecule has 22 rings (SSSR count). The average molecular weight is 1540 g/mol. The van der Waals surface area contributed by atoms with E-state index in [0.29, 0.717) is 0 Å². The van der Waals surface area contributed by atoms with Crippen molar-refractivity contribution in [2.45, 2.75) is 26.6 Å². The number of aryl methyl sites for hydroxylation is 7. The molecule has 0 fully saturated rings. The number of hydrogen-bond donors (Lipinski definition) is 0. The molecular formula is C102H92N16+8. The van der Waals surface area contributed by atoms with Gasteiger partial charge in [0.15, 0.2) is 88.3 Å². The monoisotopic (exact) mass is 1540 g/mol. The minimum atomic E-state index is 0.848. The van der Waals surface area contributed by atoms with E-state index in [9.17, 15) is 0 Å². The van der Waals surface area contributed by atoms with Crippen LogP contribution in [0.2, 0.25) is 0 Å². The number of aromatic nitrogens is 16. The molecule has 0 saturated heterocycles. The molecule has 16 heteroatoms. The number of benzene rings is 14. The molecule has 0 unspecified atom stereocenters. The van der Waals surface area contributed by atoms with E-state index < -0.39 is 0 Å². The Labute approximate surface area is 684 Å². The van der Waals surface area contributed by atoms with Crippen LogP contribution in [-0.2, 0) is 61.9 Å². The Bertz CT molecular complexity index is 7140. The third-order valence-corrected chi connectivity index (χ3v) is 22.6. The molecule has 0 spiro atoms. The molecular weight excluding hydrogens is 1450 g/mol. The molecule has 8 aromatic heterocycles. The van der Waals surface area contributed by atoms with Crippen LogP contribution < -0.4 is 36.5 Å². The van der Waals surface area contributed by atoms with Crippen molar-refractivity contribution < 1.29 is 36.5 Å². The SMILES string of the molecule is C[n+]1cn(Cc2cccc(-n3c[n+](C)c4ccccc43)c2)c2ccccc21.C[n+]1cn(Cc2cccc(Cn3c[n+](C)c4ccccc43)c2)c2ccccc21.Cc1cc(-n2c[n+](C)c3ccccc32)cc(-n2c[n+](C)c3ccccc32)c1.c1ccc(-[n+]2cn(-c3cccc(-n4c[n+](-c5ccccc5)c5ccccc54)c3)c3ccccc32)cc1. The lowest BCUT2D eigenvalue weighted by Gasteiger charge is -2.04. The number of para-hydroxylation sites is 18. The maximum atomic E-state index is 2.32. The lowest BCUT2D eigenvalue weighted by atomic mass is 10.1. The van der Waals surface area contributed by atoms with Crippen molar-refractivity contribution in [3.63, 3.8) is 0 Å². The van der Waals surface area contributed by atoms with Crippen LogP contribution in [0.25, 0.3) is 128 Å². The molecule has 14 aromatic carbocycles. The third kappa shape index (κ3) is 14.1. The quantitative estimate of drug-likeness (QED) is 0.103. The first-order valence-corrected chi connectivity index (χ1v) is 40.1. The zero-order chi connectivity index (χ0) is 79.9. The van der Waals surface area contributed by atoms with E-state index in [1.807, 2.05) is 0 Å². The first-order chi connectivity index (χ1) is 57.9. The molecule has 0 radical (unpaired) electrons. The van der Waals surface area contributed by atoms with Gasteiger partial charge >= 0.3 is 0 Å². The predicted molar refractivity (Wildman–Crippen MR) is 468 cm³/mol. The fourth-order valence-electron chi connectivity index (χ4n) is 17.1. The normalized spacial score (nSPS) is 11.4. The molecule has 0 N–H and O–H groups in total. The molecule has 22 aromatic rings. The van der Waals surface area contributed by atoms with Crippen LogP contribution in [0, 0.1) is 6.92 Å². The molecule has 8 heterocycles. The van der Waals surface area contributed by atoms with Gasteiger partial charge in [0.05, 0.1) is 42.3 Å². The fourth-order valence-corrected chi connectivity index (χ4v) is 17.1. The highest BCUT2D eigenvalue weighted by molar-refractivity contribution is 5.80. The summed E-state index contributed by atoms with van der Waals surface area (Å²) in [5.41, 5.74) is 32.7. The zero-order valence-corrected chi connectivity index (χ0v) is 67.3. The summed E-state index contributed by atoms with van der Waals surface area (Å²) in [6, 6.07) is 122. The van der Waals surface area contributed by atoms with Crippen molar-refractivity contribution in [2.75, 3.05) is 0 Å². The largest absolute Gasteiger partial charge is 0.255 e. The van der Waals surface area contributed by atoms with Gasteiger partial charge in [0, 0.05) is 12.1 Å². The average Bonchev–Trinajstić information content (AvgIpc) is 1.61. The van der Waals surface area contributed by atoms with E-state index in [1.54, 1.807) is 0 Å². The maximum Gasteiger partial charge on any atom is 0.255 e. The van der Waals surface area contributed by atoms with Gasteiger partial charge < -0.3 is 0 Å². The molecule has 0 aliphatic heterocycles. The molecule has 0 amide bonds. The summed E-state index contributed by atoms with van der Waals surface area (Å²) in [5, 5.41) is 0. The van der Waals surface area contributed by atoms with E-state index >= 15 is 0 Å². The van der Waals surface area contributed by atoms with Gasteiger partial charge in [0.1, 0.15) is 59.4 Å². The second-order valence-electron chi connectivity index (χ2n) is 30.7. The summed E-state index contributed by atoms with van der Waals surface area (Å²) >= 11 is 0. The lowest BCUT2D eigenvalue weighted by molar-refractivity contribution is -0.645. The number of fused-ring (bicyclic) bond motifs is 8. The maximum absolute atomic E-state index is 2.32. The summed E-state index contributed by atoms with van der Waals surface area (Å²) < 4.78 is 35.8. The standard InChI is InChI=1S/C32H24N4.C24H24N4.2C23H22N4/c1-3-12-25(13-4-1)33-23-35(31-20-9-7-18-29(31)33)27-16-11-17-28(22-27)36-24-34(26-14-5-2-6-15-26)30-19-8-10-21-32(30)36;1-25-17-27(23-12-5-3-10-21(23)25)15-19-8-7-9-20(14-19)16-28-18-26(2)22-11-4-6-13-24(22)28;1-17-12-18(26-15-24(2)20-8-4-6-10-22(20)26)14-19(13-17)27-16-25(3)21-9-5-7-11-23(21)27;1-24-16-26(22-12-5-3-10-20(22)24)15-18-8-7-9-19(14-18)27-17-25(2)21-11-4-6-13-23(21)27/h1-24H;3-14,17-18H,15-16H2,1-2H3;4-16H,1-3H3;3-14,16-17H,15H2,1-2H3/q4*+2. The highest BCUT2D eigenvalue weighted by Gasteiger charge is 2.26. The molecule has 572 valence electrons. The molecule has 0 aliphatic carbocycles. The van der Waals surface area contributed by atoms with Gasteiger partial charge in [-0.25, -0.2) is 41.1 Å². The second kappa shape index (κ2) is 31.3. The van der Waals surface area contributed by atoms with Crippen LogP contribution in [0.5, 0.6) is 0 Å². The van der Waals surface area contributed by atoms with Gasteiger partial charge in [-0.15, -0.1) is 0 Å². The van der Waals surface area contributed by atoms with E-state index in [-0.39, 0.29) is 0 Å². The van der Waals surface area contributed by atoms with Crippen LogP contribution in [0.15, 0.2) is 396 Å². The van der Waals surface area contributed by atoms with Crippen molar-refractivity contribution in [1.29, 1.82) is 0 Å². The number of hydrogen-bond acceptors (Lipinski definition) is 0. The summed E-state index contributed by atoms with van der Waals surface area (Å²) in [7, 11) is 12.6. The number of imidazole rings is 8. The van der Waals surface area contributed by atoms with Crippen LogP contribution in [0.3, 0.4) is 0 Å². The Balaban J connectivity index is 0.000000105. The van der Waals surface area contributed by atoms with Gasteiger partial charge in [-0.2, -0.15) is 32.0 Å². The summed E-state index contributed by atoms with van der Waals surface area (Å²) in [6.45, 7) is 4.75. The van der Waals surface area contributed by atoms with Crippen LogP contribution in [-0.4, -0.2) is 36.5 Å². The zero-order valence-electron chi connectivity index (χ0n) is 67.3. The minimum absolute atomic E-state index is 0.848. The lowest BCUT2D eigenvalue weighted by Crippen LogP contribution is -2.28. The van der Waals surface area contributed by atoms with E-state index in [0.717, 1.165) is 53.4 Å². The van der Waals surface area contributed by atoms with Gasteiger partial charge in [0.25, 0.3) is 12.7 Å². The van der Waals surface area contributed by atoms with Gasteiger partial charge in [0.2, 0.25) is 38.0 Å². The molecule has 118 heavy (non-hydrogen) atoms. The highest BCUT2D eigenvalue weighted by Crippen LogP contribution is 2.29. The van der Waals surface area contributed by atoms with E-state index in [4.69, 9.17) is 0 Å². The number of nitrogens with zero attached hydrogens (tertiary/aromatic N) is 16. The number of rotatable bonds is 13. The molecule has 0 aliphatic rings. The van der Waals surface area contributed by atoms with Crippen molar-refractivity contribution in [3.05, 3.63) is 419 Å².